The molecule has 0 amide bonds. The third-order valence-electron chi connectivity index (χ3n) is 3.87. The van der Waals surface area contributed by atoms with Crippen LogP contribution in [0, 0.1) is 31.3 Å². The predicted molar refractivity (Wildman–Crippen MR) is 90.5 cm³/mol. The van der Waals surface area contributed by atoms with E-state index in [2.05, 4.69) is 0 Å². The van der Waals surface area contributed by atoms with Crippen molar-refractivity contribution < 1.29 is 13.2 Å². The predicted octanol–water partition coefficient (Wildman–Crippen LogP) is 6.19. The van der Waals surface area contributed by atoms with Crippen molar-refractivity contribution in [3.63, 3.8) is 0 Å². The molecule has 0 aliphatic carbocycles. The SMILES string of the molecule is Cc1ccc(N(c2ccc(F)cc2)c2ccc(C)c(F)c2F)cc1. The molecule has 0 aliphatic rings. The van der Waals surface area contributed by atoms with Crippen LogP contribution in [0.5, 0.6) is 0 Å². The van der Waals surface area contributed by atoms with Crippen molar-refractivity contribution in [2.24, 2.45) is 0 Å². The first-order valence-electron chi connectivity index (χ1n) is 7.54. The average Bonchev–Trinajstić information content (AvgIpc) is 2.58. The monoisotopic (exact) mass is 327 g/mol. The first kappa shape index (κ1) is 16.1. The van der Waals surface area contributed by atoms with Crippen LogP contribution in [0.2, 0.25) is 0 Å². The molecule has 0 fully saturated rings. The molecule has 0 aliphatic heterocycles. The first-order chi connectivity index (χ1) is 11.5. The molecule has 3 aromatic rings. The summed E-state index contributed by atoms with van der Waals surface area (Å²) in [6, 6.07) is 16.1. The van der Waals surface area contributed by atoms with Crippen LogP contribution in [0.3, 0.4) is 0 Å². The number of nitrogens with zero attached hydrogens (tertiary/aromatic N) is 1. The van der Waals surface area contributed by atoms with Gasteiger partial charge in [0.15, 0.2) is 11.6 Å². The molecular weight excluding hydrogens is 311 g/mol. The number of rotatable bonds is 3. The standard InChI is InChI=1S/C20H16F3N/c1-13-3-8-16(9-4-13)24(17-10-6-15(21)7-11-17)18-12-5-14(2)19(22)20(18)23/h3-12H,1-2H3. The molecule has 4 heteroatoms. The minimum absolute atomic E-state index is 0.0774. The molecule has 122 valence electrons. The second-order valence-electron chi connectivity index (χ2n) is 5.68. The van der Waals surface area contributed by atoms with Gasteiger partial charge in [-0.25, -0.2) is 13.2 Å². The van der Waals surface area contributed by atoms with Gasteiger partial charge in [0.2, 0.25) is 0 Å². The summed E-state index contributed by atoms with van der Waals surface area (Å²) in [5.74, 6) is -2.20. The molecule has 1 nitrogen and oxygen atoms in total. The van der Waals surface area contributed by atoms with Gasteiger partial charge < -0.3 is 4.90 Å². The van der Waals surface area contributed by atoms with Crippen LogP contribution in [0.25, 0.3) is 0 Å². The molecule has 0 atom stereocenters. The van der Waals surface area contributed by atoms with E-state index in [9.17, 15) is 13.2 Å². The van der Waals surface area contributed by atoms with Gasteiger partial charge in [-0.3, -0.25) is 0 Å². The van der Waals surface area contributed by atoms with Crippen molar-refractivity contribution in [2.75, 3.05) is 4.90 Å². The summed E-state index contributed by atoms with van der Waals surface area (Å²) in [4.78, 5) is 1.57. The number of anilines is 3. The van der Waals surface area contributed by atoms with Crippen LogP contribution in [-0.2, 0) is 0 Å². The fraction of sp³-hybridized carbons (Fsp3) is 0.100. The molecule has 0 aromatic heterocycles. The van der Waals surface area contributed by atoms with E-state index in [4.69, 9.17) is 0 Å². The Balaban J connectivity index is 2.20. The summed E-state index contributed by atoms with van der Waals surface area (Å²) in [7, 11) is 0. The van der Waals surface area contributed by atoms with Crippen LogP contribution in [0.15, 0.2) is 60.7 Å². The van der Waals surface area contributed by atoms with Crippen LogP contribution in [0.4, 0.5) is 30.2 Å². The topological polar surface area (TPSA) is 3.24 Å². The molecule has 3 rings (SSSR count). The highest BCUT2D eigenvalue weighted by Crippen LogP contribution is 2.37. The van der Waals surface area contributed by atoms with E-state index in [0.29, 0.717) is 11.4 Å². The Morgan fingerprint density at radius 3 is 1.75 bits per heavy atom. The van der Waals surface area contributed by atoms with E-state index in [1.807, 2.05) is 31.2 Å². The zero-order valence-electron chi connectivity index (χ0n) is 13.4. The minimum atomic E-state index is -0.931. The van der Waals surface area contributed by atoms with E-state index in [-0.39, 0.29) is 11.3 Å². The molecule has 0 heterocycles. The molecule has 0 saturated heterocycles. The molecule has 0 bridgehead atoms. The lowest BCUT2D eigenvalue weighted by molar-refractivity contribution is 0.504. The van der Waals surface area contributed by atoms with Gasteiger partial charge in [-0.05, 0) is 61.9 Å². The highest BCUT2D eigenvalue weighted by atomic mass is 19.2. The number of aryl methyl sites for hydroxylation is 2. The van der Waals surface area contributed by atoms with Crippen molar-refractivity contribution in [1.82, 2.24) is 0 Å². The van der Waals surface area contributed by atoms with Crippen molar-refractivity contribution in [3.05, 3.63) is 89.2 Å². The molecule has 3 aromatic carbocycles. The maximum Gasteiger partial charge on any atom is 0.183 e. The van der Waals surface area contributed by atoms with Gasteiger partial charge in [-0.1, -0.05) is 23.8 Å². The lowest BCUT2D eigenvalue weighted by Gasteiger charge is -2.26. The van der Waals surface area contributed by atoms with E-state index < -0.39 is 17.5 Å². The third kappa shape index (κ3) is 3.00. The van der Waals surface area contributed by atoms with Gasteiger partial charge in [0, 0.05) is 11.4 Å². The van der Waals surface area contributed by atoms with Crippen molar-refractivity contribution in [1.29, 1.82) is 0 Å². The van der Waals surface area contributed by atoms with Gasteiger partial charge in [0.1, 0.15) is 5.82 Å². The Labute approximate surface area is 139 Å². The fourth-order valence-corrected chi connectivity index (χ4v) is 2.52. The second-order valence-corrected chi connectivity index (χ2v) is 5.68. The highest BCUT2D eigenvalue weighted by Gasteiger charge is 2.20. The van der Waals surface area contributed by atoms with Gasteiger partial charge in [-0.2, -0.15) is 0 Å². The Hall–Kier alpha value is -2.75. The summed E-state index contributed by atoms with van der Waals surface area (Å²) in [5.41, 5.74) is 2.57. The van der Waals surface area contributed by atoms with Crippen LogP contribution >= 0.6 is 0 Å². The van der Waals surface area contributed by atoms with Gasteiger partial charge >= 0.3 is 0 Å². The van der Waals surface area contributed by atoms with Gasteiger partial charge in [0.25, 0.3) is 0 Å². The normalized spacial score (nSPS) is 10.7. The number of hydrogen-bond acceptors (Lipinski definition) is 1. The highest BCUT2D eigenvalue weighted by molar-refractivity contribution is 5.77. The van der Waals surface area contributed by atoms with E-state index >= 15 is 0 Å². The Bertz CT molecular complexity index is 810. The molecular formula is C20H16F3N. The largest absolute Gasteiger partial charge is 0.308 e. The molecule has 0 unspecified atom stereocenters. The summed E-state index contributed by atoms with van der Waals surface area (Å²) in [6.07, 6.45) is 0. The number of hydrogen-bond donors (Lipinski definition) is 0. The lowest BCUT2D eigenvalue weighted by Crippen LogP contribution is -2.13. The zero-order valence-corrected chi connectivity index (χ0v) is 13.4. The van der Waals surface area contributed by atoms with Crippen LogP contribution in [-0.4, -0.2) is 0 Å². The smallest absolute Gasteiger partial charge is 0.183 e. The maximum atomic E-state index is 14.6. The fourth-order valence-electron chi connectivity index (χ4n) is 2.52. The van der Waals surface area contributed by atoms with E-state index in [1.54, 1.807) is 4.90 Å². The number of halogens is 3. The van der Waals surface area contributed by atoms with Crippen molar-refractivity contribution in [3.8, 4) is 0 Å². The van der Waals surface area contributed by atoms with Crippen molar-refractivity contribution in [2.45, 2.75) is 13.8 Å². The second kappa shape index (κ2) is 6.40. The van der Waals surface area contributed by atoms with Crippen LogP contribution < -0.4 is 4.90 Å². The first-order valence-corrected chi connectivity index (χ1v) is 7.54. The maximum absolute atomic E-state index is 14.6. The molecule has 0 N–H and O–H groups in total. The lowest BCUT2D eigenvalue weighted by atomic mass is 10.1. The summed E-state index contributed by atoms with van der Waals surface area (Å²) < 4.78 is 41.9. The Morgan fingerprint density at radius 2 is 1.17 bits per heavy atom. The summed E-state index contributed by atoms with van der Waals surface area (Å²) in [6.45, 7) is 3.45. The molecule has 0 radical (unpaired) electrons. The average molecular weight is 327 g/mol. The molecule has 0 spiro atoms. The van der Waals surface area contributed by atoms with Gasteiger partial charge in [0.05, 0.1) is 5.69 Å². The van der Waals surface area contributed by atoms with Gasteiger partial charge in [-0.15, -0.1) is 0 Å². The van der Waals surface area contributed by atoms with Crippen LogP contribution in [0.1, 0.15) is 11.1 Å². The minimum Gasteiger partial charge on any atom is -0.308 e. The number of benzene rings is 3. The zero-order chi connectivity index (χ0) is 17.3. The quantitative estimate of drug-likeness (QED) is 0.554. The Kier molecular flexibility index (Phi) is 4.30. The van der Waals surface area contributed by atoms with E-state index in [1.165, 1.54) is 43.3 Å². The van der Waals surface area contributed by atoms with E-state index in [0.717, 1.165) is 5.56 Å². The third-order valence-corrected chi connectivity index (χ3v) is 3.87. The molecule has 24 heavy (non-hydrogen) atoms. The summed E-state index contributed by atoms with van der Waals surface area (Å²) in [5, 5.41) is 0. The molecule has 0 saturated carbocycles. The Morgan fingerprint density at radius 1 is 0.625 bits per heavy atom. The van der Waals surface area contributed by atoms with Crippen molar-refractivity contribution >= 4 is 17.1 Å². The summed E-state index contributed by atoms with van der Waals surface area (Å²) >= 11 is 0.